The smallest absolute Gasteiger partial charge is 0.339 e. The predicted molar refractivity (Wildman–Crippen MR) is 73.1 cm³/mol. The summed E-state index contributed by atoms with van der Waals surface area (Å²) in [6.45, 7) is 7.08. The molecule has 0 aliphatic heterocycles. The van der Waals surface area contributed by atoms with Crippen LogP contribution in [0.15, 0.2) is 12.3 Å². The number of aryl methyl sites for hydroxylation is 1. The Bertz CT molecular complexity index is 403. The third kappa shape index (κ3) is 4.73. The molecular formula is C14H22N2O2. The van der Waals surface area contributed by atoms with Crippen LogP contribution in [0, 0.1) is 12.8 Å². The molecule has 1 heterocycles. The van der Waals surface area contributed by atoms with Crippen LogP contribution in [-0.4, -0.2) is 22.6 Å². The van der Waals surface area contributed by atoms with Gasteiger partial charge in [0.25, 0.3) is 0 Å². The minimum absolute atomic E-state index is 0.240. The average molecular weight is 250 g/mol. The standard InChI is InChI=1S/C14H22N2O2/c1-10(2)6-4-5-7-15-13-8-11(3)16-9-12(13)14(17)18/h8-10H,4-7H2,1-3H3,(H,15,16)(H,17,18). The van der Waals surface area contributed by atoms with Crippen molar-refractivity contribution in [1.82, 2.24) is 4.98 Å². The highest BCUT2D eigenvalue weighted by molar-refractivity contribution is 5.93. The van der Waals surface area contributed by atoms with Gasteiger partial charge in [-0.1, -0.05) is 26.7 Å². The molecule has 0 atom stereocenters. The van der Waals surface area contributed by atoms with Gasteiger partial charge in [0.15, 0.2) is 0 Å². The van der Waals surface area contributed by atoms with E-state index < -0.39 is 5.97 Å². The minimum Gasteiger partial charge on any atom is -0.478 e. The molecule has 4 heteroatoms. The molecule has 1 aromatic rings. The van der Waals surface area contributed by atoms with Crippen molar-refractivity contribution in [2.75, 3.05) is 11.9 Å². The highest BCUT2D eigenvalue weighted by Crippen LogP contribution is 2.16. The highest BCUT2D eigenvalue weighted by Gasteiger charge is 2.10. The number of nitrogens with zero attached hydrogens (tertiary/aromatic N) is 1. The van der Waals surface area contributed by atoms with Crippen molar-refractivity contribution in [2.45, 2.75) is 40.0 Å². The summed E-state index contributed by atoms with van der Waals surface area (Å²) < 4.78 is 0. The second-order valence-corrected chi connectivity index (χ2v) is 4.99. The number of aromatic carboxylic acids is 1. The van der Waals surface area contributed by atoms with Gasteiger partial charge in [0.1, 0.15) is 5.56 Å². The quantitative estimate of drug-likeness (QED) is 0.729. The van der Waals surface area contributed by atoms with E-state index in [2.05, 4.69) is 24.1 Å². The molecule has 0 bridgehead atoms. The van der Waals surface area contributed by atoms with Gasteiger partial charge in [0.2, 0.25) is 0 Å². The molecule has 0 aromatic carbocycles. The van der Waals surface area contributed by atoms with Crippen molar-refractivity contribution in [3.63, 3.8) is 0 Å². The highest BCUT2D eigenvalue weighted by atomic mass is 16.4. The number of carboxylic acids is 1. The van der Waals surface area contributed by atoms with Crippen LogP contribution in [0.4, 0.5) is 5.69 Å². The third-order valence-electron chi connectivity index (χ3n) is 2.79. The number of unbranched alkanes of at least 4 members (excludes halogenated alkanes) is 1. The lowest BCUT2D eigenvalue weighted by Crippen LogP contribution is -2.09. The fourth-order valence-electron chi connectivity index (χ4n) is 1.78. The summed E-state index contributed by atoms with van der Waals surface area (Å²) in [5.74, 6) is -0.213. The Hall–Kier alpha value is -1.58. The lowest BCUT2D eigenvalue weighted by molar-refractivity contribution is 0.0697. The zero-order chi connectivity index (χ0) is 13.5. The van der Waals surface area contributed by atoms with Crippen LogP contribution in [0.1, 0.15) is 49.2 Å². The molecule has 0 saturated carbocycles. The summed E-state index contributed by atoms with van der Waals surface area (Å²) >= 11 is 0. The van der Waals surface area contributed by atoms with Gasteiger partial charge in [0, 0.05) is 18.4 Å². The van der Waals surface area contributed by atoms with Crippen molar-refractivity contribution in [1.29, 1.82) is 0 Å². The second-order valence-electron chi connectivity index (χ2n) is 4.99. The first-order valence-corrected chi connectivity index (χ1v) is 6.44. The van der Waals surface area contributed by atoms with Crippen LogP contribution >= 0.6 is 0 Å². The first-order valence-electron chi connectivity index (χ1n) is 6.44. The van der Waals surface area contributed by atoms with Gasteiger partial charge in [-0.25, -0.2) is 4.79 Å². The van der Waals surface area contributed by atoms with Crippen molar-refractivity contribution >= 4 is 11.7 Å². The third-order valence-corrected chi connectivity index (χ3v) is 2.79. The first kappa shape index (κ1) is 14.5. The van der Waals surface area contributed by atoms with Gasteiger partial charge < -0.3 is 10.4 Å². The molecule has 0 aliphatic rings. The van der Waals surface area contributed by atoms with Crippen LogP contribution in [0.5, 0.6) is 0 Å². The summed E-state index contributed by atoms with van der Waals surface area (Å²) in [5.41, 5.74) is 1.73. The zero-order valence-electron chi connectivity index (χ0n) is 11.4. The minimum atomic E-state index is -0.938. The van der Waals surface area contributed by atoms with E-state index in [1.807, 2.05) is 6.92 Å². The number of pyridine rings is 1. The molecule has 0 unspecified atom stereocenters. The van der Waals surface area contributed by atoms with Crippen molar-refractivity contribution in [3.05, 3.63) is 23.5 Å². The predicted octanol–water partition coefficient (Wildman–Crippen LogP) is 3.33. The van der Waals surface area contributed by atoms with Crippen molar-refractivity contribution in [3.8, 4) is 0 Å². The molecule has 1 aromatic heterocycles. The summed E-state index contributed by atoms with van der Waals surface area (Å²) in [7, 11) is 0. The molecule has 4 nitrogen and oxygen atoms in total. The summed E-state index contributed by atoms with van der Waals surface area (Å²) in [6.07, 6.45) is 4.84. The molecule has 0 radical (unpaired) electrons. The van der Waals surface area contributed by atoms with E-state index >= 15 is 0 Å². The van der Waals surface area contributed by atoms with E-state index in [1.165, 1.54) is 12.6 Å². The zero-order valence-corrected chi connectivity index (χ0v) is 11.4. The van der Waals surface area contributed by atoms with Crippen LogP contribution in [0.3, 0.4) is 0 Å². The Morgan fingerprint density at radius 1 is 1.44 bits per heavy atom. The Morgan fingerprint density at radius 2 is 2.17 bits per heavy atom. The Labute approximate surface area is 108 Å². The maximum Gasteiger partial charge on any atom is 0.339 e. The van der Waals surface area contributed by atoms with Crippen molar-refractivity contribution in [2.24, 2.45) is 5.92 Å². The molecule has 1 rings (SSSR count). The first-order chi connectivity index (χ1) is 8.50. The lowest BCUT2D eigenvalue weighted by Gasteiger charge is -2.10. The molecular weight excluding hydrogens is 228 g/mol. The number of carboxylic acid groups (broad SMARTS) is 1. The molecule has 0 spiro atoms. The van der Waals surface area contributed by atoms with Gasteiger partial charge in [-0.2, -0.15) is 0 Å². The van der Waals surface area contributed by atoms with Gasteiger partial charge >= 0.3 is 5.97 Å². The van der Waals surface area contributed by atoms with Crippen LogP contribution < -0.4 is 5.32 Å². The van der Waals surface area contributed by atoms with Crippen LogP contribution in [-0.2, 0) is 0 Å². The van der Waals surface area contributed by atoms with E-state index in [0.29, 0.717) is 5.69 Å². The maximum absolute atomic E-state index is 11.0. The van der Waals surface area contributed by atoms with E-state index in [4.69, 9.17) is 5.11 Å². The SMILES string of the molecule is Cc1cc(NCCCCC(C)C)c(C(=O)O)cn1. The summed E-state index contributed by atoms with van der Waals surface area (Å²) in [6, 6.07) is 1.78. The Morgan fingerprint density at radius 3 is 2.78 bits per heavy atom. The molecule has 0 amide bonds. The number of hydrogen-bond acceptors (Lipinski definition) is 3. The molecule has 0 fully saturated rings. The lowest BCUT2D eigenvalue weighted by atomic mass is 10.1. The number of rotatable bonds is 7. The van der Waals surface area contributed by atoms with E-state index in [1.54, 1.807) is 6.07 Å². The number of nitrogens with one attached hydrogen (secondary N) is 1. The van der Waals surface area contributed by atoms with Crippen LogP contribution in [0.25, 0.3) is 0 Å². The summed E-state index contributed by atoms with van der Waals surface area (Å²) in [4.78, 5) is 15.0. The Kier molecular flexibility index (Phi) is 5.62. The fourth-order valence-corrected chi connectivity index (χ4v) is 1.78. The van der Waals surface area contributed by atoms with E-state index in [-0.39, 0.29) is 5.56 Å². The average Bonchev–Trinajstić information content (AvgIpc) is 2.27. The van der Waals surface area contributed by atoms with E-state index in [9.17, 15) is 4.79 Å². The fraction of sp³-hybridized carbons (Fsp3) is 0.571. The number of hydrogen-bond donors (Lipinski definition) is 2. The number of carbonyl (C=O) groups is 1. The normalized spacial score (nSPS) is 10.7. The molecule has 0 saturated heterocycles. The van der Waals surface area contributed by atoms with Gasteiger partial charge in [-0.3, -0.25) is 4.98 Å². The van der Waals surface area contributed by atoms with Crippen molar-refractivity contribution < 1.29 is 9.90 Å². The topological polar surface area (TPSA) is 62.2 Å². The number of anilines is 1. The number of aromatic nitrogens is 1. The van der Waals surface area contributed by atoms with Gasteiger partial charge in [-0.05, 0) is 25.3 Å². The monoisotopic (exact) mass is 250 g/mol. The molecule has 2 N–H and O–H groups in total. The molecule has 100 valence electrons. The maximum atomic E-state index is 11.0. The molecule has 18 heavy (non-hydrogen) atoms. The van der Waals surface area contributed by atoms with Gasteiger partial charge in [-0.15, -0.1) is 0 Å². The molecule has 0 aliphatic carbocycles. The van der Waals surface area contributed by atoms with Crippen LogP contribution in [0.2, 0.25) is 0 Å². The largest absolute Gasteiger partial charge is 0.478 e. The summed E-state index contributed by atoms with van der Waals surface area (Å²) in [5, 5.41) is 12.2. The second kappa shape index (κ2) is 6.99. The van der Waals surface area contributed by atoms with Gasteiger partial charge in [0.05, 0.1) is 5.69 Å². The Balaban J connectivity index is 2.50. The van der Waals surface area contributed by atoms with E-state index in [0.717, 1.165) is 31.0 Å².